The molecule has 0 spiro atoms. The van der Waals surface area contributed by atoms with Gasteiger partial charge in [0, 0.05) is 36.2 Å². The van der Waals surface area contributed by atoms with Crippen LogP contribution in [0.4, 0.5) is 5.69 Å². The van der Waals surface area contributed by atoms with E-state index in [2.05, 4.69) is 15.1 Å². The lowest BCUT2D eigenvalue weighted by Gasteiger charge is -2.26. The zero-order chi connectivity index (χ0) is 23.1. The van der Waals surface area contributed by atoms with Gasteiger partial charge in [-0.1, -0.05) is 48.0 Å². The molecule has 2 aromatic carbocycles. The number of benzene rings is 2. The van der Waals surface area contributed by atoms with Gasteiger partial charge in [0.05, 0.1) is 34.5 Å². The first kappa shape index (κ1) is 21.6. The van der Waals surface area contributed by atoms with Crippen molar-refractivity contribution in [2.75, 3.05) is 18.5 Å². The van der Waals surface area contributed by atoms with E-state index in [1.165, 1.54) is 0 Å². The average Bonchev–Trinajstić information content (AvgIpc) is 3.61. The van der Waals surface area contributed by atoms with Crippen molar-refractivity contribution >= 4 is 28.8 Å². The number of hydrogen-bond acceptors (Lipinski definition) is 4. The van der Waals surface area contributed by atoms with Gasteiger partial charge in [0.2, 0.25) is 0 Å². The Hall–Kier alpha value is -2.93. The van der Waals surface area contributed by atoms with Crippen LogP contribution in [-0.4, -0.2) is 41.1 Å². The maximum atomic E-state index is 13.5. The van der Waals surface area contributed by atoms with E-state index in [-0.39, 0.29) is 24.2 Å². The summed E-state index contributed by atoms with van der Waals surface area (Å²) in [4.78, 5) is 13.5. The fourth-order valence-corrected chi connectivity index (χ4v) is 5.66. The fraction of sp³-hybridized carbons (Fsp3) is 0.333. The maximum absolute atomic E-state index is 13.5. The summed E-state index contributed by atoms with van der Waals surface area (Å²) in [7, 11) is 0. The predicted octanol–water partition coefficient (Wildman–Crippen LogP) is 5.51. The van der Waals surface area contributed by atoms with E-state index in [1.54, 1.807) is 0 Å². The molecule has 1 aromatic heterocycles. The molecular weight excluding hydrogens is 450 g/mol. The Kier molecular flexibility index (Phi) is 5.73. The molecule has 3 aliphatic rings. The Labute approximate surface area is 203 Å². The van der Waals surface area contributed by atoms with Gasteiger partial charge in [-0.25, -0.2) is 0 Å². The van der Waals surface area contributed by atoms with Crippen LogP contribution in [0.3, 0.4) is 0 Å². The molecule has 2 atom stereocenters. The lowest BCUT2D eigenvalue weighted by atomic mass is 9.89. The van der Waals surface area contributed by atoms with Crippen molar-refractivity contribution in [1.82, 2.24) is 9.78 Å². The average molecular weight is 476 g/mol. The lowest BCUT2D eigenvalue weighted by molar-refractivity contribution is -0.113. The Morgan fingerprint density at radius 2 is 1.79 bits per heavy atom. The Bertz CT molecular complexity index is 1250. The highest BCUT2D eigenvalue weighted by molar-refractivity contribution is 6.33. The number of aromatic nitrogens is 2. The minimum atomic E-state index is -0.183. The van der Waals surface area contributed by atoms with E-state index in [0.29, 0.717) is 16.3 Å². The number of nitrogens with one attached hydrogen (secondary N) is 1. The molecule has 3 aromatic rings. The van der Waals surface area contributed by atoms with Gasteiger partial charge in [-0.15, -0.1) is 0 Å². The van der Waals surface area contributed by atoms with Crippen LogP contribution in [0.5, 0.6) is 0 Å². The summed E-state index contributed by atoms with van der Waals surface area (Å²) < 4.78 is 13.8. The molecule has 2 fully saturated rings. The summed E-state index contributed by atoms with van der Waals surface area (Å²) >= 11 is 6.58. The molecular formula is C27H26ClN3O3. The highest BCUT2D eigenvalue weighted by Crippen LogP contribution is 2.45. The normalized spacial score (nSPS) is 22.4. The smallest absolute Gasteiger partial charge is 0.254 e. The number of carbonyl (C=O) groups is 1. The third kappa shape index (κ3) is 3.86. The van der Waals surface area contributed by atoms with Crippen molar-refractivity contribution < 1.29 is 14.3 Å². The highest BCUT2D eigenvalue weighted by atomic mass is 35.5. The van der Waals surface area contributed by atoms with Gasteiger partial charge in [0.15, 0.2) is 0 Å². The van der Waals surface area contributed by atoms with E-state index >= 15 is 0 Å². The number of hydrogen-bond donors (Lipinski definition) is 1. The number of amides is 1. The molecule has 1 N–H and O–H groups in total. The quantitative estimate of drug-likeness (QED) is 0.528. The van der Waals surface area contributed by atoms with Crippen molar-refractivity contribution in [3.05, 3.63) is 77.1 Å². The standard InChI is InChI=1S/C27H26ClN3O3/c28-21-16-18(6-7-20(21)17-4-2-1-3-5-17)30-27(32)26-24-9-8-23(34-24)25(26)22-10-13-29-31(22)19-11-14-33-15-12-19/h1-7,10,13,16,19,23-24H,8-9,11-12,14-15H2,(H,30,32)/t23-,24+/m0/s1. The van der Waals surface area contributed by atoms with Crippen molar-refractivity contribution in [3.63, 3.8) is 0 Å². The number of rotatable bonds is 5. The van der Waals surface area contributed by atoms with Crippen molar-refractivity contribution in [1.29, 1.82) is 0 Å². The second-order valence-electron chi connectivity index (χ2n) is 9.04. The molecule has 2 saturated heterocycles. The topological polar surface area (TPSA) is 65.4 Å². The number of ether oxygens (including phenoxy) is 2. The number of nitrogens with zero attached hydrogens (tertiary/aromatic N) is 2. The van der Waals surface area contributed by atoms with Crippen molar-refractivity contribution in [2.24, 2.45) is 0 Å². The number of carbonyl (C=O) groups excluding carboxylic acids is 1. The van der Waals surface area contributed by atoms with Crippen LogP contribution in [-0.2, 0) is 14.3 Å². The van der Waals surface area contributed by atoms with Crippen LogP contribution in [0.1, 0.15) is 37.4 Å². The SMILES string of the molecule is O=C(Nc1ccc(-c2ccccc2)c(Cl)c1)C1=C(c2ccnn2C2CCOCC2)[C@@H]2CC[C@H]1O2. The molecule has 1 amide bonds. The van der Waals surface area contributed by atoms with Crippen LogP contribution in [0.15, 0.2) is 66.4 Å². The van der Waals surface area contributed by atoms with E-state index < -0.39 is 0 Å². The monoisotopic (exact) mass is 475 g/mol. The van der Waals surface area contributed by atoms with Crippen molar-refractivity contribution in [2.45, 2.75) is 43.9 Å². The van der Waals surface area contributed by atoms with Gasteiger partial charge in [-0.2, -0.15) is 5.10 Å². The summed E-state index contributed by atoms with van der Waals surface area (Å²) in [5.74, 6) is -0.134. The number of anilines is 1. The maximum Gasteiger partial charge on any atom is 0.254 e. The number of fused-ring (bicyclic) bond motifs is 2. The van der Waals surface area contributed by atoms with Crippen LogP contribution < -0.4 is 5.32 Å². The van der Waals surface area contributed by atoms with Crippen LogP contribution in [0.25, 0.3) is 16.7 Å². The molecule has 6 rings (SSSR count). The largest absolute Gasteiger partial charge is 0.381 e. The van der Waals surface area contributed by atoms with Gasteiger partial charge in [-0.3, -0.25) is 9.48 Å². The molecule has 3 aliphatic heterocycles. The first-order valence-corrected chi connectivity index (χ1v) is 12.2. The third-order valence-corrected chi connectivity index (χ3v) is 7.31. The highest BCUT2D eigenvalue weighted by Gasteiger charge is 2.45. The molecule has 0 unspecified atom stereocenters. The van der Waals surface area contributed by atoms with Gasteiger partial charge < -0.3 is 14.8 Å². The van der Waals surface area contributed by atoms with Gasteiger partial charge in [0.1, 0.15) is 0 Å². The van der Waals surface area contributed by atoms with Crippen LogP contribution >= 0.6 is 11.6 Å². The van der Waals surface area contributed by atoms with Gasteiger partial charge in [-0.05, 0) is 49.4 Å². The summed E-state index contributed by atoms with van der Waals surface area (Å²) in [6.45, 7) is 1.47. The minimum Gasteiger partial charge on any atom is -0.381 e. The van der Waals surface area contributed by atoms with E-state index in [1.807, 2.05) is 60.8 Å². The molecule has 174 valence electrons. The van der Waals surface area contributed by atoms with E-state index in [0.717, 1.165) is 61.3 Å². The Morgan fingerprint density at radius 1 is 1.00 bits per heavy atom. The lowest BCUT2D eigenvalue weighted by Crippen LogP contribution is -2.26. The molecule has 7 heteroatoms. The van der Waals surface area contributed by atoms with E-state index in [4.69, 9.17) is 21.1 Å². The van der Waals surface area contributed by atoms with Crippen LogP contribution in [0.2, 0.25) is 5.02 Å². The molecule has 0 aliphatic carbocycles. The van der Waals surface area contributed by atoms with Gasteiger partial charge in [0.25, 0.3) is 5.91 Å². The second-order valence-corrected chi connectivity index (χ2v) is 9.44. The first-order chi connectivity index (χ1) is 16.7. The first-order valence-electron chi connectivity index (χ1n) is 11.9. The molecule has 34 heavy (non-hydrogen) atoms. The van der Waals surface area contributed by atoms with E-state index in [9.17, 15) is 4.79 Å². The minimum absolute atomic E-state index is 0.0647. The fourth-order valence-electron chi connectivity index (χ4n) is 5.37. The molecule has 2 bridgehead atoms. The van der Waals surface area contributed by atoms with Gasteiger partial charge >= 0.3 is 0 Å². The predicted molar refractivity (Wildman–Crippen MR) is 132 cm³/mol. The van der Waals surface area contributed by atoms with Crippen LogP contribution in [0, 0.1) is 0 Å². The Balaban J connectivity index is 1.30. The molecule has 6 nitrogen and oxygen atoms in total. The second kappa shape index (κ2) is 9.02. The third-order valence-electron chi connectivity index (χ3n) is 6.99. The Morgan fingerprint density at radius 3 is 2.59 bits per heavy atom. The zero-order valence-electron chi connectivity index (χ0n) is 18.7. The zero-order valence-corrected chi connectivity index (χ0v) is 19.5. The number of halogens is 1. The molecule has 0 saturated carbocycles. The van der Waals surface area contributed by atoms with Crippen molar-refractivity contribution in [3.8, 4) is 11.1 Å². The summed E-state index contributed by atoms with van der Waals surface area (Å²) in [5, 5.41) is 8.28. The molecule has 4 heterocycles. The summed E-state index contributed by atoms with van der Waals surface area (Å²) in [6, 6.07) is 17.9. The summed E-state index contributed by atoms with van der Waals surface area (Å²) in [6.07, 6.45) is 5.20. The summed E-state index contributed by atoms with van der Waals surface area (Å²) in [5.41, 5.74) is 5.32. The molecule has 0 radical (unpaired) electrons.